The fourth-order valence-electron chi connectivity index (χ4n) is 3.16. The van der Waals surface area contributed by atoms with E-state index in [1.165, 1.54) is 11.3 Å². The van der Waals surface area contributed by atoms with Crippen LogP contribution in [0.5, 0.6) is 0 Å². The first-order chi connectivity index (χ1) is 10.8. The van der Waals surface area contributed by atoms with Gasteiger partial charge < -0.3 is 16.6 Å². The van der Waals surface area contributed by atoms with Gasteiger partial charge in [-0.25, -0.2) is 13.8 Å². The zero-order valence-corrected chi connectivity index (χ0v) is 13.6. The number of hydrogen-bond donors (Lipinski definition) is 3. The van der Waals surface area contributed by atoms with Gasteiger partial charge in [-0.2, -0.15) is 0 Å². The molecule has 1 aliphatic carbocycles. The molecule has 5 nitrogen and oxygen atoms in total. The molecule has 8 heteroatoms. The number of primary amides is 1. The first kappa shape index (κ1) is 18.2. The quantitative estimate of drug-likeness (QED) is 0.698. The van der Waals surface area contributed by atoms with Gasteiger partial charge in [0, 0.05) is 36.6 Å². The number of aliphatic hydroxyl groups is 1. The highest BCUT2D eigenvalue weighted by Crippen LogP contribution is 2.40. The van der Waals surface area contributed by atoms with Crippen LogP contribution in [-0.2, 0) is 11.2 Å². The van der Waals surface area contributed by atoms with Crippen LogP contribution in [0.1, 0.15) is 37.8 Å². The van der Waals surface area contributed by atoms with Crippen LogP contribution >= 0.6 is 11.3 Å². The lowest BCUT2D eigenvalue weighted by Crippen LogP contribution is -2.43. The molecule has 0 spiro atoms. The number of carbonyl (C=O) groups is 1. The minimum atomic E-state index is -2.65. The maximum absolute atomic E-state index is 13.3. The molecule has 130 valence electrons. The number of halogens is 2. The summed E-state index contributed by atoms with van der Waals surface area (Å²) in [6, 6.07) is -0.566. The highest BCUT2D eigenvalue weighted by atomic mass is 32.1. The van der Waals surface area contributed by atoms with E-state index in [9.17, 15) is 18.7 Å². The number of nitrogens with two attached hydrogens (primary N) is 2. The van der Waals surface area contributed by atoms with Gasteiger partial charge in [-0.15, -0.1) is 11.3 Å². The predicted octanol–water partition coefficient (Wildman–Crippen LogP) is 1.69. The molecular weight excluding hydrogens is 324 g/mol. The van der Waals surface area contributed by atoms with Gasteiger partial charge in [-0.3, -0.25) is 4.79 Å². The molecular formula is C15H23F2N3O2S. The summed E-state index contributed by atoms with van der Waals surface area (Å²) in [5.41, 5.74) is 13.9. The molecule has 1 fully saturated rings. The van der Waals surface area contributed by atoms with Crippen LogP contribution in [0, 0.1) is 11.8 Å². The van der Waals surface area contributed by atoms with Gasteiger partial charge in [-0.05, 0) is 25.2 Å². The second kappa shape index (κ2) is 7.63. The lowest BCUT2D eigenvalue weighted by molar-refractivity contribution is -0.127. The van der Waals surface area contributed by atoms with Crippen LogP contribution in [0.25, 0.3) is 0 Å². The molecule has 3 unspecified atom stereocenters. The van der Waals surface area contributed by atoms with Gasteiger partial charge in [0.05, 0.1) is 17.3 Å². The predicted molar refractivity (Wildman–Crippen MR) is 84.0 cm³/mol. The third-order valence-corrected chi connectivity index (χ3v) is 5.25. The largest absolute Gasteiger partial charge is 0.391 e. The first-order valence-corrected chi connectivity index (χ1v) is 8.70. The fourth-order valence-corrected chi connectivity index (χ4v) is 3.73. The molecule has 23 heavy (non-hydrogen) atoms. The SMILES string of the molecule is NC(=O)C(CC(O)C(N)Cc1cscn1)C1CCC(F)(F)CC1. The number of amides is 1. The summed E-state index contributed by atoms with van der Waals surface area (Å²) in [5, 5.41) is 12.1. The van der Waals surface area contributed by atoms with Gasteiger partial charge >= 0.3 is 0 Å². The third-order valence-electron chi connectivity index (χ3n) is 4.61. The maximum Gasteiger partial charge on any atom is 0.248 e. The Kier molecular flexibility index (Phi) is 6.05. The summed E-state index contributed by atoms with van der Waals surface area (Å²) in [6.07, 6.45) is -0.388. The van der Waals surface area contributed by atoms with Crippen LogP contribution in [0.15, 0.2) is 10.9 Å². The molecule has 0 radical (unpaired) electrons. The maximum atomic E-state index is 13.3. The smallest absolute Gasteiger partial charge is 0.248 e. The Morgan fingerprint density at radius 3 is 2.65 bits per heavy atom. The first-order valence-electron chi connectivity index (χ1n) is 7.76. The molecule has 5 N–H and O–H groups in total. The van der Waals surface area contributed by atoms with Crippen LogP contribution in [0.2, 0.25) is 0 Å². The van der Waals surface area contributed by atoms with Gasteiger partial charge in [0.2, 0.25) is 11.8 Å². The molecule has 0 bridgehead atoms. The molecule has 2 rings (SSSR count). The Hall–Kier alpha value is -1.12. The summed E-state index contributed by atoms with van der Waals surface area (Å²) in [5.74, 6) is -4.05. The van der Waals surface area contributed by atoms with E-state index in [1.807, 2.05) is 5.38 Å². The Morgan fingerprint density at radius 2 is 2.13 bits per heavy atom. The van der Waals surface area contributed by atoms with E-state index in [2.05, 4.69) is 4.98 Å². The molecule has 1 aromatic heterocycles. The van der Waals surface area contributed by atoms with Crippen molar-refractivity contribution < 1.29 is 18.7 Å². The molecule has 1 amide bonds. The normalized spacial score (nSPS) is 22.4. The van der Waals surface area contributed by atoms with Crippen molar-refractivity contribution >= 4 is 17.2 Å². The van der Waals surface area contributed by atoms with E-state index in [-0.39, 0.29) is 38.0 Å². The number of aromatic nitrogens is 1. The molecule has 0 aliphatic heterocycles. The number of nitrogens with zero attached hydrogens (tertiary/aromatic N) is 1. The summed E-state index contributed by atoms with van der Waals surface area (Å²) in [4.78, 5) is 15.8. The van der Waals surface area contributed by atoms with E-state index in [0.29, 0.717) is 6.42 Å². The lowest BCUT2D eigenvalue weighted by atomic mass is 9.75. The number of carbonyl (C=O) groups excluding carboxylic acids is 1. The summed E-state index contributed by atoms with van der Waals surface area (Å²) in [7, 11) is 0. The van der Waals surface area contributed by atoms with E-state index >= 15 is 0 Å². The Balaban J connectivity index is 1.92. The molecule has 1 aromatic rings. The monoisotopic (exact) mass is 347 g/mol. The second-order valence-electron chi connectivity index (χ2n) is 6.35. The number of thiazole rings is 1. The lowest BCUT2D eigenvalue weighted by Gasteiger charge is -2.33. The van der Waals surface area contributed by atoms with Crippen LogP contribution in [0.4, 0.5) is 8.78 Å². The summed E-state index contributed by atoms with van der Waals surface area (Å²) in [6.45, 7) is 0. The zero-order valence-electron chi connectivity index (χ0n) is 12.8. The highest BCUT2D eigenvalue weighted by molar-refractivity contribution is 7.07. The molecule has 1 aliphatic rings. The number of rotatable bonds is 7. The van der Waals surface area contributed by atoms with Crippen LogP contribution in [0.3, 0.4) is 0 Å². The fraction of sp³-hybridized carbons (Fsp3) is 0.733. The van der Waals surface area contributed by atoms with E-state index in [1.54, 1.807) is 5.51 Å². The Morgan fingerprint density at radius 1 is 1.48 bits per heavy atom. The van der Waals surface area contributed by atoms with E-state index < -0.39 is 29.9 Å². The molecule has 1 heterocycles. The minimum absolute atomic E-state index is 0.108. The van der Waals surface area contributed by atoms with Crippen molar-refractivity contribution in [2.45, 2.75) is 56.6 Å². The van der Waals surface area contributed by atoms with E-state index in [4.69, 9.17) is 11.5 Å². The van der Waals surface area contributed by atoms with Gasteiger partial charge in [0.25, 0.3) is 0 Å². The average Bonchev–Trinajstić information content (AvgIpc) is 2.97. The molecule has 0 saturated heterocycles. The highest BCUT2D eigenvalue weighted by Gasteiger charge is 2.40. The van der Waals surface area contributed by atoms with E-state index in [0.717, 1.165) is 5.69 Å². The standard InChI is InChI=1S/C15H23F2N3O2S/c16-15(17)3-1-9(2-4-15)11(14(19)22)6-13(21)12(18)5-10-7-23-8-20-10/h7-9,11-13,21H,1-6,18H2,(H2,19,22). The topological polar surface area (TPSA) is 102 Å². The summed E-state index contributed by atoms with van der Waals surface area (Å²) >= 11 is 1.44. The van der Waals surface area contributed by atoms with Crippen molar-refractivity contribution in [2.24, 2.45) is 23.3 Å². The third kappa shape index (κ3) is 5.19. The molecule has 0 aromatic carbocycles. The van der Waals surface area contributed by atoms with Crippen LogP contribution < -0.4 is 11.5 Å². The molecule has 3 atom stereocenters. The Bertz CT molecular complexity index is 503. The van der Waals surface area contributed by atoms with Gasteiger partial charge in [0.1, 0.15) is 0 Å². The second-order valence-corrected chi connectivity index (χ2v) is 7.07. The Labute approximate surface area is 138 Å². The zero-order chi connectivity index (χ0) is 17.0. The minimum Gasteiger partial charge on any atom is -0.391 e. The van der Waals surface area contributed by atoms with Crippen molar-refractivity contribution in [3.8, 4) is 0 Å². The van der Waals surface area contributed by atoms with Crippen molar-refractivity contribution in [2.75, 3.05) is 0 Å². The van der Waals surface area contributed by atoms with Crippen molar-refractivity contribution in [1.82, 2.24) is 4.98 Å². The van der Waals surface area contributed by atoms with Gasteiger partial charge in [-0.1, -0.05) is 0 Å². The molecule has 1 saturated carbocycles. The van der Waals surface area contributed by atoms with Crippen LogP contribution in [-0.4, -0.2) is 34.1 Å². The van der Waals surface area contributed by atoms with Gasteiger partial charge in [0.15, 0.2) is 0 Å². The number of aliphatic hydroxyl groups excluding tert-OH is 1. The van der Waals surface area contributed by atoms with Crippen molar-refractivity contribution in [3.63, 3.8) is 0 Å². The average molecular weight is 347 g/mol. The van der Waals surface area contributed by atoms with Crippen molar-refractivity contribution in [1.29, 1.82) is 0 Å². The van der Waals surface area contributed by atoms with Crippen molar-refractivity contribution in [3.05, 3.63) is 16.6 Å². The number of hydrogen-bond acceptors (Lipinski definition) is 5. The number of alkyl halides is 2. The summed E-state index contributed by atoms with van der Waals surface area (Å²) < 4.78 is 26.5.